The molecule has 118 valence electrons. The Labute approximate surface area is 126 Å². The van der Waals surface area contributed by atoms with E-state index in [-0.39, 0.29) is 17.2 Å². The van der Waals surface area contributed by atoms with E-state index >= 15 is 0 Å². The van der Waals surface area contributed by atoms with Crippen LogP contribution in [0.2, 0.25) is 0 Å². The topological polar surface area (TPSA) is 66.4 Å². The molecule has 4 rings (SSSR count). The van der Waals surface area contributed by atoms with Crippen molar-refractivity contribution >= 4 is 11.9 Å². The van der Waals surface area contributed by atoms with Crippen molar-refractivity contribution in [3.05, 3.63) is 0 Å². The molecule has 0 heterocycles. The van der Waals surface area contributed by atoms with E-state index in [1.54, 1.807) is 6.92 Å². The zero-order valence-corrected chi connectivity index (χ0v) is 12.9. The predicted molar refractivity (Wildman–Crippen MR) is 79.6 cm³/mol. The van der Waals surface area contributed by atoms with E-state index in [0.29, 0.717) is 19.4 Å². The first-order valence-corrected chi connectivity index (χ1v) is 8.45. The summed E-state index contributed by atoms with van der Waals surface area (Å²) in [5.74, 6) is 1.58. The second-order valence-electron chi connectivity index (χ2n) is 7.97. The molecule has 0 saturated heterocycles. The number of hydrogen-bond acceptors (Lipinski definition) is 2. The van der Waals surface area contributed by atoms with Gasteiger partial charge in [-0.3, -0.25) is 9.59 Å². The van der Waals surface area contributed by atoms with Crippen LogP contribution in [0.15, 0.2) is 0 Å². The lowest BCUT2D eigenvalue weighted by Crippen LogP contribution is -2.48. The Bertz CT molecular complexity index is 396. The Hall–Kier alpha value is -1.06. The van der Waals surface area contributed by atoms with Crippen molar-refractivity contribution < 1.29 is 14.7 Å². The Morgan fingerprint density at radius 3 is 2.14 bits per heavy atom. The van der Waals surface area contributed by atoms with Crippen molar-refractivity contribution in [2.24, 2.45) is 29.1 Å². The molecule has 0 aromatic heterocycles. The maximum atomic E-state index is 12.2. The molecule has 0 aliphatic heterocycles. The third kappa shape index (κ3) is 3.24. The second-order valence-corrected chi connectivity index (χ2v) is 7.97. The van der Waals surface area contributed by atoms with Crippen molar-refractivity contribution in [3.63, 3.8) is 0 Å². The van der Waals surface area contributed by atoms with Crippen LogP contribution in [0.3, 0.4) is 0 Å². The summed E-state index contributed by atoms with van der Waals surface area (Å²) in [5, 5.41) is 11.8. The first-order valence-electron chi connectivity index (χ1n) is 8.45. The summed E-state index contributed by atoms with van der Waals surface area (Å²) in [6.07, 6.45) is 9.12. The average molecular weight is 293 g/mol. The molecule has 1 amide bonds. The van der Waals surface area contributed by atoms with E-state index in [1.807, 2.05) is 0 Å². The third-order valence-electron chi connectivity index (χ3n) is 6.02. The molecule has 2 N–H and O–H groups in total. The lowest BCUT2D eigenvalue weighted by molar-refractivity contribution is -0.141. The molecule has 4 nitrogen and oxygen atoms in total. The lowest BCUT2D eigenvalue weighted by Gasteiger charge is -2.56. The fraction of sp³-hybridized carbons (Fsp3) is 0.882. The minimum atomic E-state index is -0.787. The number of aliphatic carboxylic acids is 1. The maximum Gasteiger partial charge on any atom is 0.306 e. The molecule has 4 saturated carbocycles. The van der Waals surface area contributed by atoms with Crippen LogP contribution < -0.4 is 5.32 Å². The molecule has 0 radical (unpaired) electrons. The number of nitrogens with one attached hydrogen (secondary N) is 1. The number of amides is 1. The molecule has 0 spiro atoms. The monoisotopic (exact) mass is 293 g/mol. The van der Waals surface area contributed by atoms with E-state index in [0.717, 1.165) is 17.8 Å². The van der Waals surface area contributed by atoms with Crippen molar-refractivity contribution in [2.75, 3.05) is 6.54 Å². The van der Waals surface area contributed by atoms with Gasteiger partial charge in [-0.15, -0.1) is 0 Å². The molecule has 0 aromatic carbocycles. The van der Waals surface area contributed by atoms with Crippen LogP contribution in [-0.2, 0) is 9.59 Å². The van der Waals surface area contributed by atoms with Crippen molar-refractivity contribution in [2.45, 2.75) is 58.3 Å². The highest BCUT2D eigenvalue weighted by atomic mass is 16.4. The molecule has 4 aliphatic carbocycles. The van der Waals surface area contributed by atoms with Crippen LogP contribution in [0.4, 0.5) is 0 Å². The third-order valence-corrected chi connectivity index (χ3v) is 6.02. The van der Waals surface area contributed by atoms with Gasteiger partial charge in [-0.05, 0) is 68.1 Å². The molecule has 1 atom stereocenters. The van der Waals surface area contributed by atoms with Gasteiger partial charge >= 0.3 is 5.97 Å². The van der Waals surface area contributed by atoms with Crippen LogP contribution in [0, 0.1) is 29.1 Å². The van der Waals surface area contributed by atoms with E-state index in [4.69, 9.17) is 5.11 Å². The minimum absolute atomic E-state index is 0.134. The van der Waals surface area contributed by atoms with Gasteiger partial charge in [0.05, 0.1) is 5.92 Å². The summed E-state index contributed by atoms with van der Waals surface area (Å²) in [4.78, 5) is 23.0. The van der Waals surface area contributed by atoms with E-state index in [2.05, 4.69) is 5.32 Å². The normalized spacial score (nSPS) is 38.2. The summed E-state index contributed by atoms with van der Waals surface area (Å²) < 4.78 is 0. The van der Waals surface area contributed by atoms with Crippen molar-refractivity contribution in [1.29, 1.82) is 0 Å². The Kier molecular flexibility index (Phi) is 3.98. The first kappa shape index (κ1) is 14.9. The molecule has 21 heavy (non-hydrogen) atoms. The highest BCUT2D eigenvalue weighted by Gasteiger charge is 2.51. The lowest BCUT2D eigenvalue weighted by atomic mass is 9.49. The molecule has 1 unspecified atom stereocenters. The number of rotatable bonds is 6. The zero-order valence-electron chi connectivity index (χ0n) is 12.9. The van der Waals surface area contributed by atoms with E-state index in [9.17, 15) is 9.59 Å². The average Bonchev–Trinajstić information content (AvgIpc) is 2.35. The fourth-order valence-electron chi connectivity index (χ4n) is 5.46. The Morgan fingerprint density at radius 2 is 1.67 bits per heavy atom. The van der Waals surface area contributed by atoms with Crippen molar-refractivity contribution in [1.82, 2.24) is 5.32 Å². The minimum Gasteiger partial charge on any atom is -0.481 e. The number of carbonyl (C=O) groups excluding carboxylic acids is 1. The summed E-state index contributed by atoms with van der Waals surface area (Å²) in [7, 11) is 0. The number of carboxylic acids is 1. The van der Waals surface area contributed by atoms with E-state index in [1.165, 1.54) is 38.5 Å². The summed E-state index contributed by atoms with van der Waals surface area (Å²) in [6.45, 7) is 2.17. The fourth-order valence-corrected chi connectivity index (χ4v) is 5.46. The molecule has 4 fully saturated rings. The quantitative estimate of drug-likeness (QED) is 0.791. The van der Waals surface area contributed by atoms with Gasteiger partial charge in [0.15, 0.2) is 0 Å². The molecular formula is C17H27NO3. The number of carboxylic acid groups (broad SMARTS) is 1. The molecular weight excluding hydrogens is 266 g/mol. The number of hydrogen-bond donors (Lipinski definition) is 2. The first-order chi connectivity index (χ1) is 9.96. The van der Waals surface area contributed by atoms with Gasteiger partial charge in [-0.1, -0.05) is 6.92 Å². The van der Waals surface area contributed by atoms with Gasteiger partial charge in [0.1, 0.15) is 0 Å². The molecule has 4 aliphatic rings. The van der Waals surface area contributed by atoms with Gasteiger partial charge in [0.25, 0.3) is 0 Å². The van der Waals surface area contributed by atoms with Crippen LogP contribution in [0.1, 0.15) is 58.3 Å². The Morgan fingerprint density at radius 1 is 1.14 bits per heavy atom. The van der Waals surface area contributed by atoms with Gasteiger partial charge in [-0.2, -0.15) is 0 Å². The Balaban J connectivity index is 1.48. The van der Waals surface area contributed by atoms with Crippen LogP contribution in [0.5, 0.6) is 0 Å². The largest absolute Gasteiger partial charge is 0.481 e. The van der Waals surface area contributed by atoms with Gasteiger partial charge < -0.3 is 10.4 Å². The molecule has 4 bridgehead atoms. The van der Waals surface area contributed by atoms with Crippen LogP contribution >= 0.6 is 0 Å². The predicted octanol–water partition coefficient (Wildman–Crippen LogP) is 2.82. The zero-order chi connectivity index (χ0) is 15.0. The molecule has 4 heteroatoms. The van der Waals surface area contributed by atoms with E-state index < -0.39 is 5.97 Å². The molecule has 0 aromatic rings. The van der Waals surface area contributed by atoms with Crippen LogP contribution in [-0.4, -0.2) is 23.5 Å². The van der Waals surface area contributed by atoms with Crippen molar-refractivity contribution in [3.8, 4) is 0 Å². The summed E-state index contributed by atoms with van der Waals surface area (Å²) in [6, 6.07) is 0. The van der Waals surface area contributed by atoms with Crippen LogP contribution in [0.25, 0.3) is 0 Å². The second kappa shape index (κ2) is 5.62. The van der Waals surface area contributed by atoms with Gasteiger partial charge in [-0.25, -0.2) is 0 Å². The maximum absolute atomic E-state index is 12.2. The standard InChI is InChI=1S/C17H27NO3/c1-11(16(20)21)2-3-18-15(19)10-17-7-12-4-13(8-17)6-14(5-12)9-17/h11-14H,2-10H2,1H3,(H,18,19)(H,20,21). The highest BCUT2D eigenvalue weighted by molar-refractivity contribution is 5.77. The SMILES string of the molecule is CC(CCNC(=O)CC12CC3CC(CC(C3)C1)C2)C(=O)O. The van der Waals surface area contributed by atoms with Gasteiger partial charge in [0, 0.05) is 13.0 Å². The summed E-state index contributed by atoms with van der Waals surface area (Å²) >= 11 is 0. The highest BCUT2D eigenvalue weighted by Crippen LogP contribution is 2.61. The number of carbonyl (C=O) groups is 2. The summed E-state index contributed by atoms with van der Waals surface area (Å²) in [5.41, 5.74) is 0.275. The van der Waals surface area contributed by atoms with Gasteiger partial charge in [0.2, 0.25) is 5.91 Å². The smallest absolute Gasteiger partial charge is 0.306 e.